The van der Waals surface area contributed by atoms with Crippen molar-refractivity contribution in [1.82, 2.24) is 0 Å². The molecule has 0 atom stereocenters. The molecule has 0 amide bonds. The van der Waals surface area contributed by atoms with Crippen LogP contribution in [0.2, 0.25) is 0 Å². The van der Waals surface area contributed by atoms with Gasteiger partial charge in [-0.25, -0.2) is 0 Å². The summed E-state index contributed by atoms with van der Waals surface area (Å²) in [6, 6.07) is 19.3. The molecule has 0 radical (unpaired) electrons. The highest BCUT2D eigenvalue weighted by Gasteiger charge is 2.20. The van der Waals surface area contributed by atoms with E-state index in [4.69, 9.17) is 0 Å². The number of carbonyl (C=O) groups excluding carboxylic acids is 1. The molecule has 0 bridgehead atoms. The molecule has 5 nitrogen and oxygen atoms in total. The Bertz CT molecular complexity index is 1250. The highest BCUT2D eigenvalue weighted by molar-refractivity contribution is 6.12. The Balaban J connectivity index is 1.81. The molecule has 0 saturated heterocycles. The first-order chi connectivity index (χ1) is 15.3. The molecule has 0 aromatic heterocycles. The van der Waals surface area contributed by atoms with Crippen molar-refractivity contribution in [2.45, 2.75) is 13.8 Å². The summed E-state index contributed by atoms with van der Waals surface area (Å²) in [7, 11) is 0. The molecule has 0 heterocycles. The molecule has 0 aliphatic rings. The maximum absolute atomic E-state index is 13.5. The summed E-state index contributed by atoms with van der Waals surface area (Å²) < 4.78 is 0. The number of ketones is 1. The Hall–Kier alpha value is -4.25. The molecule has 0 unspecified atom stereocenters. The minimum Gasteiger partial charge on any atom is -0.508 e. The van der Waals surface area contributed by atoms with E-state index in [0.717, 1.165) is 0 Å². The van der Waals surface area contributed by atoms with E-state index in [1.165, 1.54) is 24.3 Å². The lowest BCUT2D eigenvalue weighted by atomic mass is 9.88. The molecule has 160 valence electrons. The van der Waals surface area contributed by atoms with Crippen LogP contribution < -0.4 is 0 Å². The predicted octanol–water partition coefficient (Wildman–Crippen LogP) is 5.69. The van der Waals surface area contributed by atoms with Crippen LogP contribution in [0, 0.1) is 13.8 Å². The van der Waals surface area contributed by atoms with Crippen molar-refractivity contribution in [3.8, 4) is 45.3 Å². The smallest absolute Gasteiger partial charge is 0.193 e. The lowest BCUT2D eigenvalue weighted by molar-refractivity contribution is 0.103. The van der Waals surface area contributed by atoms with Gasteiger partial charge in [-0.15, -0.1) is 0 Å². The van der Waals surface area contributed by atoms with Crippen LogP contribution in [0.15, 0.2) is 72.8 Å². The number of hydrogen-bond acceptors (Lipinski definition) is 5. The molecule has 0 saturated carbocycles. The second kappa shape index (κ2) is 8.12. The maximum atomic E-state index is 13.5. The van der Waals surface area contributed by atoms with Crippen LogP contribution >= 0.6 is 0 Å². The SMILES string of the molecule is Cc1c(C(=O)c2cccc(-c3ccc(O)cc3O)c2C)cccc1-c1ccc(O)cc1O. The van der Waals surface area contributed by atoms with E-state index in [1.54, 1.807) is 36.4 Å². The lowest BCUT2D eigenvalue weighted by Crippen LogP contribution is -2.07. The zero-order chi connectivity index (χ0) is 23.0. The number of hydrogen-bond donors (Lipinski definition) is 4. The number of phenols is 4. The lowest BCUT2D eigenvalue weighted by Gasteiger charge is -2.15. The molecule has 0 aliphatic heterocycles. The fourth-order valence-electron chi connectivity index (χ4n) is 3.99. The highest BCUT2D eigenvalue weighted by atomic mass is 16.3. The van der Waals surface area contributed by atoms with Gasteiger partial charge in [-0.3, -0.25) is 4.79 Å². The van der Waals surface area contributed by atoms with E-state index in [-0.39, 0.29) is 28.8 Å². The molecule has 4 aromatic carbocycles. The van der Waals surface area contributed by atoms with Gasteiger partial charge in [0, 0.05) is 34.4 Å². The third kappa shape index (κ3) is 3.65. The Kier molecular flexibility index (Phi) is 5.33. The average Bonchev–Trinajstić information content (AvgIpc) is 2.75. The second-order valence-corrected chi connectivity index (χ2v) is 7.69. The van der Waals surface area contributed by atoms with Gasteiger partial charge in [0.25, 0.3) is 0 Å². The Morgan fingerprint density at radius 1 is 0.562 bits per heavy atom. The number of aromatic hydroxyl groups is 4. The first kappa shape index (κ1) is 21.0. The minimum atomic E-state index is -0.180. The van der Waals surface area contributed by atoms with Crippen molar-refractivity contribution in [1.29, 1.82) is 0 Å². The van der Waals surface area contributed by atoms with Gasteiger partial charge < -0.3 is 20.4 Å². The van der Waals surface area contributed by atoms with E-state index in [0.29, 0.717) is 44.5 Å². The Labute approximate surface area is 185 Å². The molecule has 4 aromatic rings. The number of phenolic OH excluding ortho intramolecular Hbond substituents is 4. The van der Waals surface area contributed by atoms with Gasteiger partial charge in [0.15, 0.2) is 5.78 Å². The summed E-state index contributed by atoms with van der Waals surface area (Å²) in [5.74, 6) is -0.403. The van der Waals surface area contributed by atoms with Gasteiger partial charge in [-0.05, 0) is 60.4 Å². The Morgan fingerprint density at radius 3 is 1.34 bits per heavy atom. The number of benzene rings is 4. The molecule has 4 N–H and O–H groups in total. The summed E-state index contributed by atoms with van der Waals surface area (Å²) in [5, 5.41) is 39.7. The van der Waals surface area contributed by atoms with Crippen molar-refractivity contribution < 1.29 is 25.2 Å². The first-order valence-corrected chi connectivity index (χ1v) is 10.1. The van der Waals surface area contributed by atoms with Gasteiger partial charge in [-0.2, -0.15) is 0 Å². The van der Waals surface area contributed by atoms with Gasteiger partial charge >= 0.3 is 0 Å². The van der Waals surface area contributed by atoms with Crippen molar-refractivity contribution in [3.63, 3.8) is 0 Å². The summed E-state index contributed by atoms with van der Waals surface area (Å²) in [5.41, 5.74) is 4.82. The maximum Gasteiger partial charge on any atom is 0.193 e. The summed E-state index contributed by atoms with van der Waals surface area (Å²) in [6.07, 6.45) is 0. The predicted molar refractivity (Wildman–Crippen MR) is 123 cm³/mol. The van der Waals surface area contributed by atoms with Gasteiger partial charge in [0.2, 0.25) is 0 Å². The van der Waals surface area contributed by atoms with E-state index in [1.807, 2.05) is 26.0 Å². The number of rotatable bonds is 4. The highest BCUT2D eigenvalue weighted by Crippen LogP contribution is 2.37. The van der Waals surface area contributed by atoms with Gasteiger partial charge in [0.05, 0.1) is 0 Å². The monoisotopic (exact) mass is 426 g/mol. The van der Waals surface area contributed by atoms with E-state index in [2.05, 4.69) is 0 Å². The molecule has 32 heavy (non-hydrogen) atoms. The van der Waals surface area contributed by atoms with Gasteiger partial charge in [-0.1, -0.05) is 36.4 Å². The van der Waals surface area contributed by atoms with Crippen LogP contribution in [0.25, 0.3) is 22.3 Å². The largest absolute Gasteiger partial charge is 0.508 e. The molecule has 0 aliphatic carbocycles. The van der Waals surface area contributed by atoms with Gasteiger partial charge in [0.1, 0.15) is 23.0 Å². The van der Waals surface area contributed by atoms with Crippen LogP contribution in [0.4, 0.5) is 0 Å². The molecule has 5 heteroatoms. The van der Waals surface area contributed by atoms with E-state index < -0.39 is 0 Å². The topological polar surface area (TPSA) is 98.0 Å². The van der Waals surface area contributed by atoms with Crippen molar-refractivity contribution >= 4 is 5.78 Å². The van der Waals surface area contributed by atoms with Crippen molar-refractivity contribution in [2.75, 3.05) is 0 Å². The molecular formula is C27H22O5. The van der Waals surface area contributed by atoms with Crippen LogP contribution in [0.3, 0.4) is 0 Å². The van der Waals surface area contributed by atoms with Crippen molar-refractivity contribution in [2.24, 2.45) is 0 Å². The van der Waals surface area contributed by atoms with E-state index >= 15 is 0 Å². The van der Waals surface area contributed by atoms with Crippen LogP contribution in [0.5, 0.6) is 23.0 Å². The van der Waals surface area contributed by atoms with Crippen LogP contribution in [-0.2, 0) is 0 Å². The molecular weight excluding hydrogens is 404 g/mol. The molecule has 0 fully saturated rings. The fourth-order valence-corrected chi connectivity index (χ4v) is 3.99. The first-order valence-electron chi connectivity index (χ1n) is 10.1. The quantitative estimate of drug-likeness (QED) is 0.314. The average molecular weight is 426 g/mol. The zero-order valence-electron chi connectivity index (χ0n) is 17.6. The third-order valence-electron chi connectivity index (χ3n) is 5.70. The second-order valence-electron chi connectivity index (χ2n) is 7.69. The van der Waals surface area contributed by atoms with Crippen LogP contribution in [-0.4, -0.2) is 26.2 Å². The normalized spacial score (nSPS) is 10.8. The standard InChI is InChI=1S/C27H22O5/c1-15-19(23-11-9-17(28)13-25(23)30)5-3-7-21(15)27(32)22-8-4-6-20(16(22)2)24-12-10-18(29)14-26(24)31/h3-14,28-31H,1-2H3. The number of carbonyl (C=O) groups is 1. The summed E-state index contributed by atoms with van der Waals surface area (Å²) in [6.45, 7) is 3.64. The molecule has 0 spiro atoms. The zero-order valence-corrected chi connectivity index (χ0v) is 17.6. The van der Waals surface area contributed by atoms with Crippen molar-refractivity contribution in [3.05, 3.63) is 95.1 Å². The third-order valence-corrected chi connectivity index (χ3v) is 5.70. The fraction of sp³-hybridized carbons (Fsp3) is 0.0741. The van der Waals surface area contributed by atoms with E-state index in [9.17, 15) is 25.2 Å². The van der Waals surface area contributed by atoms with Crippen LogP contribution in [0.1, 0.15) is 27.0 Å². The Morgan fingerprint density at radius 2 is 0.969 bits per heavy atom. The summed E-state index contributed by atoms with van der Waals surface area (Å²) >= 11 is 0. The molecule has 4 rings (SSSR count). The minimum absolute atomic E-state index is 0.0407. The summed E-state index contributed by atoms with van der Waals surface area (Å²) in [4.78, 5) is 13.5.